The number of hydrogen-bond donors (Lipinski definition) is 1. The lowest BCUT2D eigenvalue weighted by molar-refractivity contribution is -0.118. The molecule has 0 radical (unpaired) electrons. The molecule has 0 fully saturated rings. The monoisotopic (exact) mass is 365 g/mol. The number of fused-ring (bicyclic) bond motifs is 3. The first-order valence-electron chi connectivity index (χ1n) is 8.25. The van der Waals surface area contributed by atoms with Crippen molar-refractivity contribution in [3.8, 4) is 11.1 Å². The van der Waals surface area contributed by atoms with Gasteiger partial charge in [-0.2, -0.15) is 0 Å². The molecule has 0 bridgehead atoms. The Kier molecular flexibility index (Phi) is 4.31. The first kappa shape index (κ1) is 16.5. The van der Waals surface area contributed by atoms with Crippen LogP contribution in [0.2, 0.25) is 5.02 Å². The minimum Gasteiger partial charge on any atom is -0.370 e. The molecule has 26 heavy (non-hydrogen) atoms. The number of carbonyl (C=O) groups excluding carboxylic acids is 1. The molecular weight excluding hydrogens is 350 g/mol. The molecule has 0 spiro atoms. The van der Waals surface area contributed by atoms with Crippen LogP contribution in [0.3, 0.4) is 0 Å². The van der Waals surface area contributed by atoms with E-state index < -0.39 is 11.9 Å². The molecule has 2 heterocycles. The molecule has 1 aliphatic heterocycles. The summed E-state index contributed by atoms with van der Waals surface area (Å²) in [6.45, 7) is 0. The number of aromatic nitrogens is 1. The molecule has 3 aromatic rings. The van der Waals surface area contributed by atoms with E-state index in [0.717, 1.165) is 28.0 Å². The summed E-state index contributed by atoms with van der Waals surface area (Å²) in [5.74, 6) is 0.139. The zero-order chi connectivity index (χ0) is 18.1. The molecule has 0 unspecified atom stereocenters. The minimum absolute atomic E-state index is 0.0697. The topological polar surface area (TPSA) is 81.5 Å². The van der Waals surface area contributed by atoms with Crippen molar-refractivity contribution in [2.75, 3.05) is 0 Å². The second-order valence-corrected chi connectivity index (χ2v) is 6.65. The molecule has 1 aromatic heterocycles. The summed E-state index contributed by atoms with van der Waals surface area (Å²) < 4.78 is 5.44. The Balaban J connectivity index is 1.84. The number of hydrogen-bond acceptors (Lipinski definition) is 4. The summed E-state index contributed by atoms with van der Waals surface area (Å²) in [7, 11) is 0. The van der Waals surface area contributed by atoms with Crippen LogP contribution >= 0.6 is 11.6 Å². The van der Waals surface area contributed by atoms with E-state index in [1.54, 1.807) is 6.20 Å². The van der Waals surface area contributed by atoms with Crippen LogP contribution in [-0.2, 0) is 11.2 Å². The Labute approximate surface area is 155 Å². The first-order chi connectivity index (χ1) is 12.6. The van der Waals surface area contributed by atoms with Crippen LogP contribution in [0.1, 0.15) is 29.3 Å². The number of amides is 1. The van der Waals surface area contributed by atoms with Gasteiger partial charge in [0.15, 0.2) is 5.76 Å². The number of primary amides is 1. The smallest absolute Gasteiger partial charge is 0.220 e. The van der Waals surface area contributed by atoms with E-state index in [1.807, 2.05) is 48.5 Å². The number of nitrogens with two attached hydrogens (primary N) is 1. The third kappa shape index (κ3) is 3.13. The van der Waals surface area contributed by atoms with Crippen LogP contribution in [0.25, 0.3) is 11.1 Å². The highest BCUT2D eigenvalue weighted by Crippen LogP contribution is 2.38. The third-order valence-electron chi connectivity index (χ3n) is 4.42. The second kappa shape index (κ2) is 6.77. The van der Waals surface area contributed by atoms with Crippen LogP contribution in [-0.4, -0.2) is 16.8 Å². The number of aliphatic imine (C=N–C) groups is 1. The average molecular weight is 366 g/mol. The van der Waals surface area contributed by atoms with Crippen molar-refractivity contribution in [2.45, 2.75) is 18.9 Å². The molecule has 1 atom stereocenters. The maximum atomic E-state index is 11.6. The van der Waals surface area contributed by atoms with Crippen LogP contribution in [0.15, 0.2) is 64.2 Å². The summed E-state index contributed by atoms with van der Waals surface area (Å²) in [5, 5.41) is 4.60. The number of carbonyl (C=O) groups is 1. The largest absolute Gasteiger partial charge is 0.370 e. The number of nitrogens with zero attached hydrogens (tertiary/aromatic N) is 2. The van der Waals surface area contributed by atoms with Gasteiger partial charge in [-0.1, -0.05) is 53.2 Å². The fourth-order valence-electron chi connectivity index (χ4n) is 3.24. The summed E-state index contributed by atoms with van der Waals surface area (Å²) in [5.41, 5.74) is 10.2. The lowest BCUT2D eigenvalue weighted by Crippen LogP contribution is -2.15. The molecule has 0 aliphatic carbocycles. The highest BCUT2D eigenvalue weighted by atomic mass is 35.5. The summed E-state index contributed by atoms with van der Waals surface area (Å²) >= 11 is 5.99. The predicted molar refractivity (Wildman–Crippen MR) is 100 cm³/mol. The standard InChI is InChI=1S/C20H16ClN3O2/c21-13-7-5-12(6-8-13)9-17-15-4-2-1-3-14(15)16-11-23-26-20(16)18(24-17)10-19(22)25/h1-8,11,18H,9-10H2,(H2,22,25)/t18-/m0/s1. The highest BCUT2D eigenvalue weighted by Gasteiger charge is 2.28. The summed E-state index contributed by atoms with van der Waals surface area (Å²) in [4.78, 5) is 16.4. The SMILES string of the molecule is NC(=O)C[C@@H]1N=C(Cc2ccc(Cl)cc2)c2ccccc2-c2cnoc21. The Bertz CT molecular complexity index is 992. The molecule has 0 saturated carbocycles. The maximum Gasteiger partial charge on any atom is 0.220 e. The van der Waals surface area contributed by atoms with Crippen molar-refractivity contribution in [1.29, 1.82) is 0 Å². The molecule has 1 amide bonds. The molecule has 6 heteroatoms. The van der Waals surface area contributed by atoms with Gasteiger partial charge < -0.3 is 10.3 Å². The van der Waals surface area contributed by atoms with Gasteiger partial charge in [0.2, 0.25) is 5.91 Å². The highest BCUT2D eigenvalue weighted by molar-refractivity contribution is 6.30. The molecule has 1 aliphatic rings. The quantitative estimate of drug-likeness (QED) is 0.759. The summed E-state index contributed by atoms with van der Waals surface area (Å²) in [6.07, 6.45) is 2.35. The lowest BCUT2D eigenvalue weighted by atomic mass is 9.94. The van der Waals surface area contributed by atoms with Gasteiger partial charge in [0.05, 0.1) is 12.6 Å². The molecular formula is C20H16ClN3O2. The van der Waals surface area contributed by atoms with Gasteiger partial charge in [0, 0.05) is 28.3 Å². The van der Waals surface area contributed by atoms with Crippen molar-refractivity contribution in [2.24, 2.45) is 10.7 Å². The second-order valence-electron chi connectivity index (χ2n) is 6.21. The zero-order valence-corrected chi connectivity index (χ0v) is 14.6. The number of halogens is 1. The van der Waals surface area contributed by atoms with Gasteiger partial charge in [-0.25, -0.2) is 0 Å². The normalized spacial score (nSPS) is 15.6. The van der Waals surface area contributed by atoms with Crippen molar-refractivity contribution in [3.05, 3.63) is 76.6 Å². The molecule has 5 nitrogen and oxygen atoms in total. The number of benzene rings is 2. The lowest BCUT2D eigenvalue weighted by Gasteiger charge is -2.11. The summed E-state index contributed by atoms with van der Waals surface area (Å²) in [6, 6.07) is 15.1. The fourth-order valence-corrected chi connectivity index (χ4v) is 3.37. The van der Waals surface area contributed by atoms with E-state index in [0.29, 0.717) is 17.2 Å². The van der Waals surface area contributed by atoms with Crippen LogP contribution in [0.5, 0.6) is 0 Å². The first-order valence-corrected chi connectivity index (χ1v) is 8.63. The van der Waals surface area contributed by atoms with E-state index in [-0.39, 0.29) is 6.42 Å². The molecule has 2 aromatic carbocycles. The molecule has 2 N–H and O–H groups in total. The van der Waals surface area contributed by atoms with Crippen molar-refractivity contribution < 1.29 is 9.32 Å². The van der Waals surface area contributed by atoms with Crippen LogP contribution in [0, 0.1) is 0 Å². The molecule has 0 saturated heterocycles. The Morgan fingerprint density at radius 1 is 1.08 bits per heavy atom. The van der Waals surface area contributed by atoms with E-state index in [9.17, 15) is 4.79 Å². The van der Waals surface area contributed by atoms with Gasteiger partial charge in [-0.3, -0.25) is 9.79 Å². The fraction of sp³-hybridized carbons (Fsp3) is 0.150. The van der Waals surface area contributed by atoms with Crippen molar-refractivity contribution in [1.82, 2.24) is 5.16 Å². The zero-order valence-electron chi connectivity index (χ0n) is 13.9. The predicted octanol–water partition coefficient (Wildman–Crippen LogP) is 3.96. The van der Waals surface area contributed by atoms with E-state index in [2.05, 4.69) is 5.16 Å². The van der Waals surface area contributed by atoms with E-state index >= 15 is 0 Å². The van der Waals surface area contributed by atoms with Gasteiger partial charge in [0.25, 0.3) is 0 Å². The van der Waals surface area contributed by atoms with Crippen LogP contribution < -0.4 is 5.73 Å². The van der Waals surface area contributed by atoms with Crippen molar-refractivity contribution in [3.63, 3.8) is 0 Å². The van der Waals surface area contributed by atoms with E-state index in [4.69, 9.17) is 26.9 Å². The Hall–Kier alpha value is -2.92. The average Bonchev–Trinajstić information content (AvgIpc) is 3.07. The van der Waals surface area contributed by atoms with Gasteiger partial charge >= 0.3 is 0 Å². The third-order valence-corrected chi connectivity index (χ3v) is 4.67. The number of rotatable bonds is 4. The maximum absolute atomic E-state index is 11.6. The van der Waals surface area contributed by atoms with E-state index in [1.165, 1.54) is 0 Å². The minimum atomic E-state index is -0.486. The Morgan fingerprint density at radius 2 is 1.81 bits per heavy atom. The molecule has 4 rings (SSSR count). The van der Waals surface area contributed by atoms with Crippen LogP contribution in [0.4, 0.5) is 0 Å². The van der Waals surface area contributed by atoms with Gasteiger partial charge in [-0.15, -0.1) is 0 Å². The van der Waals surface area contributed by atoms with Gasteiger partial charge in [0.1, 0.15) is 6.04 Å². The van der Waals surface area contributed by atoms with Gasteiger partial charge in [-0.05, 0) is 23.3 Å². The molecule has 130 valence electrons. The van der Waals surface area contributed by atoms with Crippen molar-refractivity contribution >= 4 is 23.2 Å². The Morgan fingerprint density at radius 3 is 2.54 bits per heavy atom.